The molecule has 0 fully saturated rings. The Morgan fingerprint density at radius 3 is 3.00 bits per heavy atom. The Kier molecular flexibility index (Phi) is 2.06. The van der Waals surface area contributed by atoms with Crippen molar-refractivity contribution < 1.29 is 13.9 Å². The van der Waals surface area contributed by atoms with Crippen LogP contribution < -0.4 is 4.74 Å². The van der Waals surface area contributed by atoms with E-state index >= 15 is 0 Å². The zero-order valence-corrected chi connectivity index (χ0v) is 6.98. The van der Waals surface area contributed by atoms with Crippen LogP contribution in [0.5, 0.6) is 5.88 Å². The number of ether oxygens (including phenoxy) is 1. The van der Waals surface area contributed by atoms with Crippen LogP contribution in [0, 0.1) is 5.82 Å². The van der Waals surface area contributed by atoms with Gasteiger partial charge in [0.05, 0.1) is 17.2 Å². The molecule has 0 spiro atoms. The van der Waals surface area contributed by atoms with Crippen molar-refractivity contribution in [1.82, 2.24) is 9.97 Å². The van der Waals surface area contributed by atoms with Crippen molar-refractivity contribution in [3.05, 3.63) is 30.2 Å². The molecule has 0 N–H and O–H groups in total. The summed E-state index contributed by atoms with van der Waals surface area (Å²) >= 11 is 0. The normalized spacial score (nSPS) is 10.1. The highest BCUT2D eigenvalue weighted by Gasteiger charge is 2.01. The zero-order valence-electron chi connectivity index (χ0n) is 6.98. The van der Waals surface area contributed by atoms with Crippen LogP contribution in [0.2, 0.25) is 0 Å². The number of aromatic nitrogens is 2. The largest absolute Gasteiger partial charge is 0.408 e. The van der Waals surface area contributed by atoms with E-state index in [4.69, 9.17) is 0 Å². The summed E-state index contributed by atoms with van der Waals surface area (Å²) in [4.78, 5) is 17.8. The van der Waals surface area contributed by atoms with Gasteiger partial charge >= 0.3 is 0 Å². The second-order valence-electron chi connectivity index (χ2n) is 2.56. The summed E-state index contributed by atoms with van der Waals surface area (Å²) in [6, 6.07) is 4.01. The molecule has 2 rings (SSSR count). The van der Waals surface area contributed by atoms with Gasteiger partial charge < -0.3 is 4.74 Å². The predicted octanol–water partition coefficient (Wildman–Crippen LogP) is 1.30. The Bertz CT molecular complexity index is 487. The van der Waals surface area contributed by atoms with Gasteiger partial charge in [-0.3, -0.25) is 4.79 Å². The molecule has 0 amide bonds. The lowest BCUT2D eigenvalue weighted by molar-refractivity contribution is -0.120. The van der Waals surface area contributed by atoms with Gasteiger partial charge in [-0.2, -0.15) is 0 Å². The second-order valence-corrected chi connectivity index (χ2v) is 2.56. The summed E-state index contributed by atoms with van der Waals surface area (Å²) in [5.41, 5.74) is 0.897. The lowest BCUT2D eigenvalue weighted by Gasteiger charge is -1.98. The number of halogens is 1. The summed E-state index contributed by atoms with van der Waals surface area (Å²) in [5, 5.41) is 0. The van der Waals surface area contributed by atoms with Crippen molar-refractivity contribution in [3.63, 3.8) is 0 Å². The molecule has 0 bridgehead atoms. The Labute approximate surface area is 78.4 Å². The number of nitrogens with zero attached hydrogens (tertiary/aromatic N) is 2. The molecule has 0 aliphatic heterocycles. The number of carbonyl (C=O) groups is 1. The fourth-order valence-corrected chi connectivity index (χ4v) is 1.07. The van der Waals surface area contributed by atoms with Crippen LogP contribution in [-0.2, 0) is 4.79 Å². The lowest BCUT2D eigenvalue weighted by Crippen LogP contribution is -1.94. The Hall–Kier alpha value is -2.04. The molecule has 1 aromatic carbocycles. The maximum atomic E-state index is 12.8. The van der Waals surface area contributed by atoms with E-state index in [1.54, 1.807) is 0 Å². The average molecular weight is 192 g/mol. The first-order valence-corrected chi connectivity index (χ1v) is 3.82. The molecule has 14 heavy (non-hydrogen) atoms. The van der Waals surface area contributed by atoms with Crippen molar-refractivity contribution in [1.29, 1.82) is 0 Å². The molecule has 1 heterocycles. The van der Waals surface area contributed by atoms with Crippen LogP contribution in [-0.4, -0.2) is 16.4 Å². The van der Waals surface area contributed by atoms with Crippen LogP contribution in [0.3, 0.4) is 0 Å². The molecule has 0 saturated carbocycles. The van der Waals surface area contributed by atoms with Crippen LogP contribution in [0.25, 0.3) is 11.0 Å². The van der Waals surface area contributed by atoms with Gasteiger partial charge in [-0.15, -0.1) is 0 Å². The molecular formula is C9H5FN2O2. The maximum Gasteiger partial charge on any atom is 0.299 e. The van der Waals surface area contributed by atoms with Crippen molar-refractivity contribution in [2.45, 2.75) is 0 Å². The second kappa shape index (κ2) is 3.37. The van der Waals surface area contributed by atoms with E-state index in [1.807, 2.05) is 0 Å². The van der Waals surface area contributed by atoms with Gasteiger partial charge in [0.15, 0.2) is 0 Å². The van der Waals surface area contributed by atoms with E-state index in [2.05, 4.69) is 14.7 Å². The molecule has 0 atom stereocenters. The van der Waals surface area contributed by atoms with E-state index < -0.39 is 5.82 Å². The van der Waals surface area contributed by atoms with Crippen molar-refractivity contribution in [2.75, 3.05) is 0 Å². The SMILES string of the molecule is O=COc1cnc2ccc(F)cc2n1. The predicted molar refractivity (Wildman–Crippen MR) is 46.2 cm³/mol. The molecule has 0 aliphatic rings. The van der Waals surface area contributed by atoms with Crippen molar-refractivity contribution in [2.24, 2.45) is 0 Å². The Morgan fingerprint density at radius 2 is 2.21 bits per heavy atom. The van der Waals surface area contributed by atoms with E-state index in [0.29, 0.717) is 11.0 Å². The number of rotatable bonds is 2. The van der Waals surface area contributed by atoms with Gasteiger partial charge in [-0.25, -0.2) is 14.4 Å². The first-order chi connectivity index (χ1) is 6.79. The van der Waals surface area contributed by atoms with E-state index in [-0.39, 0.29) is 12.4 Å². The van der Waals surface area contributed by atoms with Gasteiger partial charge in [0.25, 0.3) is 6.47 Å². The molecule has 0 unspecified atom stereocenters. The summed E-state index contributed by atoms with van der Waals surface area (Å²) < 4.78 is 17.3. The fourth-order valence-electron chi connectivity index (χ4n) is 1.07. The average Bonchev–Trinajstić information content (AvgIpc) is 2.17. The highest BCUT2D eigenvalue weighted by molar-refractivity contribution is 5.74. The number of benzene rings is 1. The van der Waals surface area contributed by atoms with Crippen molar-refractivity contribution >= 4 is 17.5 Å². The first kappa shape index (κ1) is 8.55. The minimum Gasteiger partial charge on any atom is -0.408 e. The number of hydrogen-bond donors (Lipinski definition) is 0. The Balaban J connectivity index is 2.57. The number of carbonyl (C=O) groups excluding carboxylic acids is 1. The smallest absolute Gasteiger partial charge is 0.299 e. The standard InChI is InChI=1S/C9H5FN2O2/c10-6-1-2-7-8(3-6)12-9(4-11-7)14-5-13/h1-5H. The topological polar surface area (TPSA) is 52.1 Å². The molecule has 2 aromatic rings. The third-order valence-corrected chi connectivity index (χ3v) is 1.65. The van der Waals surface area contributed by atoms with E-state index in [1.165, 1.54) is 24.4 Å². The van der Waals surface area contributed by atoms with Gasteiger partial charge in [-0.05, 0) is 12.1 Å². The van der Waals surface area contributed by atoms with Gasteiger partial charge in [0, 0.05) is 6.07 Å². The third kappa shape index (κ3) is 1.52. The zero-order chi connectivity index (χ0) is 9.97. The summed E-state index contributed by atoms with van der Waals surface area (Å²) in [6.07, 6.45) is 1.30. The van der Waals surface area contributed by atoms with Gasteiger partial charge in [-0.1, -0.05) is 0 Å². The molecule has 1 aromatic heterocycles. The van der Waals surface area contributed by atoms with Gasteiger partial charge in [0.2, 0.25) is 5.88 Å². The number of hydrogen-bond acceptors (Lipinski definition) is 4. The quantitative estimate of drug-likeness (QED) is 0.673. The maximum absolute atomic E-state index is 12.8. The highest BCUT2D eigenvalue weighted by Crippen LogP contribution is 2.14. The molecule has 0 radical (unpaired) electrons. The van der Waals surface area contributed by atoms with Crippen molar-refractivity contribution in [3.8, 4) is 5.88 Å². The molecular weight excluding hydrogens is 187 g/mol. The number of fused-ring (bicyclic) bond motifs is 1. The highest BCUT2D eigenvalue weighted by atomic mass is 19.1. The molecule has 70 valence electrons. The minimum absolute atomic E-state index is 0.0538. The van der Waals surface area contributed by atoms with Crippen LogP contribution in [0.1, 0.15) is 0 Å². The Morgan fingerprint density at radius 1 is 1.36 bits per heavy atom. The summed E-state index contributed by atoms with van der Waals surface area (Å²) in [5.74, 6) is -0.354. The molecule has 4 nitrogen and oxygen atoms in total. The fraction of sp³-hybridized carbons (Fsp3) is 0. The lowest BCUT2D eigenvalue weighted by atomic mass is 10.3. The van der Waals surface area contributed by atoms with E-state index in [9.17, 15) is 9.18 Å². The molecule has 0 aliphatic carbocycles. The monoisotopic (exact) mass is 192 g/mol. The van der Waals surface area contributed by atoms with Crippen LogP contribution >= 0.6 is 0 Å². The third-order valence-electron chi connectivity index (χ3n) is 1.65. The van der Waals surface area contributed by atoms with Gasteiger partial charge in [0.1, 0.15) is 5.82 Å². The first-order valence-electron chi connectivity index (χ1n) is 3.82. The van der Waals surface area contributed by atoms with E-state index in [0.717, 1.165) is 0 Å². The van der Waals surface area contributed by atoms with Crippen LogP contribution in [0.15, 0.2) is 24.4 Å². The summed E-state index contributed by atoms with van der Waals surface area (Å²) in [7, 11) is 0. The minimum atomic E-state index is -0.407. The molecule has 5 heteroatoms. The molecule has 0 saturated heterocycles. The van der Waals surface area contributed by atoms with Crippen LogP contribution in [0.4, 0.5) is 4.39 Å². The summed E-state index contributed by atoms with van der Waals surface area (Å²) in [6.45, 7) is 0.245.